The average molecular weight is 583 g/mol. The van der Waals surface area contributed by atoms with Gasteiger partial charge in [-0.2, -0.15) is 4.37 Å². The molecule has 1 saturated heterocycles. The number of carbonyl (C=O) groups excluding carboxylic acids is 2. The van der Waals surface area contributed by atoms with Gasteiger partial charge in [0, 0.05) is 37.3 Å². The number of ether oxygens (including phenoxy) is 4. The van der Waals surface area contributed by atoms with E-state index >= 15 is 0 Å². The molecule has 0 aliphatic carbocycles. The molecule has 2 rings (SSSR count). The molecule has 0 aromatic carbocycles. The van der Waals surface area contributed by atoms with E-state index in [1.165, 1.54) is 44.9 Å². The van der Waals surface area contributed by atoms with Crippen LogP contribution in [0.1, 0.15) is 91.9 Å². The number of esters is 2. The van der Waals surface area contributed by atoms with Gasteiger partial charge in [0.25, 0.3) is 5.88 Å². The predicted molar refractivity (Wildman–Crippen MR) is 158 cm³/mol. The van der Waals surface area contributed by atoms with Crippen LogP contribution >= 0.6 is 11.7 Å². The van der Waals surface area contributed by atoms with E-state index in [2.05, 4.69) is 25.9 Å². The molecule has 0 amide bonds. The van der Waals surface area contributed by atoms with Gasteiger partial charge in [0.2, 0.25) is 5.82 Å². The Hall–Kier alpha value is -2.24. The highest BCUT2D eigenvalue weighted by Crippen LogP contribution is 2.26. The third kappa shape index (κ3) is 15.5. The summed E-state index contributed by atoms with van der Waals surface area (Å²) in [5, 5.41) is 3.33. The second-order valence-electron chi connectivity index (χ2n) is 11.2. The van der Waals surface area contributed by atoms with Crippen molar-refractivity contribution >= 4 is 29.5 Å². The smallest absolute Gasteiger partial charge is 0.331 e. The van der Waals surface area contributed by atoms with Crippen LogP contribution in [-0.2, 0) is 23.8 Å². The summed E-state index contributed by atoms with van der Waals surface area (Å²) in [6.45, 7) is 11.8. The molecule has 0 radical (unpaired) electrons. The van der Waals surface area contributed by atoms with Crippen molar-refractivity contribution in [3.8, 4) is 5.88 Å². The molecule has 1 N–H and O–H groups in total. The number of unbranched alkanes of at least 4 members (excludes halogenated alkanes) is 9. The number of rotatable bonds is 20. The standard InChI is InChI=1S/C29H50N4O6S/c1-5-6-7-8-9-10-11-12-13-14-19-37-25(34)15-16-26(35)39-24(22-30-29(2,3)4)23-38-28-27(31-40-32-28)33-17-20-36-21-18-33/h15-16,24,30H,5-14,17-23H2,1-4H3/b16-15+/t24-/m0/s1. The highest BCUT2D eigenvalue weighted by molar-refractivity contribution is 6.99. The lowest BCUT2D eigenvalue weighted by Crippen LogP contribution is -2.44. The molecule has 0 saturated carbocycles. The molecule has 1 atom stereocenters. The van der Waals surface area contributed by atoms with Gasteiger partial charge in [0.15, 0.2) is 0 Å². The van der Waals surface area contributed by atoms with E-state index in [4.69, 9.17) is 18.9 Å². The van der Waals surface area contributed by atoms with E-state index in [0.717, 1.165) is 43.1 Å². The summed E-state index contributed by atoms with van der Waals surface area (Å²) >= 11 is 1.08. The van der Waals surface area contributed by atoms with Crippen molar-refractivity contribution in [2.75, 3.05) is 51.0 Å². The zero-order chi connectivity index (χ0) is 29.1. The zero-order valence-corrected chi connectivity index (χ0v) is 25.8. The average Bonchev–Trinajstić information content (AvgIpc) is 3.41. The normalized spacial score (nSPS) is 14.8. The number of aromatic nitrogens is 2. The molecule has 11 heteroatoms. The Morgan fingerprint density at radius 1 is 0.975 bits per heavy atom. The van der Waals surface area contributed by atoms with E-state index in [-0.39, 0.29) is 12.1 Å². The fraction of sp³-hybridized carbons (Fsp3) is 0.793. The fourth-order valence-electron chi connectivity index (χ4n) is 4.11. The third-order valence-electron chi connectivity index (χ3n) is 6.40. The van der Waals surface area contributed by atoms with Crippen LogP contribution in [0.3, 0.4) is 0 Å². The van der Waals surface area contributed by atoms with Crippen LogP contribution in [0.5, 0.6) is 5.88 Å². The van der Waals surface area contributed by atoms with Crippen LogP contribution in [0.15, 0.2) is 12.2 Å². The highest BCUT2D eigenvalue weighted by Gasteiger charge is 2.23. The quantitative estimate of drug-likeness (QED) is 0.127. The number of nitrogens with zero attached hydrogens (tertiary/aromatic N) is 3. The summed E-state index contributed by atoms with van der Waals surface area (Å²) in [7, 11) is 0. The number of hydrogen-bond acceptors (Lipinski definition) is 11. The van der Waals surface area contributed by atoms with E-state index in [1.807, 2.05) is 20.8 Å². The maximum Gasteiger partial charge on any atom is 0.331 e. The van der Waals surface area contributed by atoms with E-state index in [9.17, 15) is 9.59 Å². The molecule has 10 nitrogen and oxygen atoms in total. The Morgan fingerprint density at radius 3 is 2.25 bits per heavy atom. The van der Waals surface area contributed by atoms with Gasteiger partial charge in [0.1, 0.15) is 12.7 Å². The van der Waals surface area contributed by atoms with Crippen molar-refractivity contribution in [1.82, 2.24) is 14.1 Å². The summed E-state index contributed by atoms with van der Waals surface area (Å²) in [6, 6.07) is 0. The summed E-state index contributed by atoms with van der Waals surface area (Å²) in [5.41, 5.74) is -0.180. The highest BCUT2D eigenvalue weighted by atomic mass is 32.1. The Morgan fingerprint density at radius 2 is 1.60 bits per heavy atom. The number of nitrogens with one attached hydrogen (secondary N) is 1. The molecule has 1 aromatic heterocycles. The van der Waals surface area contributed by atoms with E-state index in [1.54, 1.807) is 0 Å². The summed E-state index contributed by atoms with van der Waals surface area (Å²) in [5.74, 6) is -0.0933. The predicted octanol–water partition coefficient (Wildman–Crippen LogP) is 5.07. The Kier molecular flexibility index (Phi) is 16.8. The Bertz CT molecular complexity index is 867. The molecule has 2 heterocycles. The molecule has 40 heavy (non-hydrogen) atoms. The van der Waals surface area contributed by atoms with Gasteiger partial charge in [-0.05, 0) is 27.2 Å². The Labute approximate surface area is 244 Å². The maximum absolute atomic E-state index is 12.5. The van der Waals surface area contributed by atoms with Gasteiger partial charge < -0.3 is 29.2 Å². The van der Waals surface area contributed by atoms with Crippen molar-refractivity contribution in [3.05, 3.63) is 12.2 Å². The molecule has 0 bridgehead atoms. The second-order valence-corrected chi connectivity index (χ2v) is 11.7. The molecule has 1 aliphatic heterocycles. The van der Waals surface area contributed by atoms with Crippen LogP contribution in [0.2, 0.25) is 0 Å². The number of carbonyl (C=O) groups is 2. The first kappa shape index (κ1) is 34.0. The van der Waals surface area contributed by atoms with E-state index in [0.29, 0.717) is 51.2 Å². The lowest BCUT2D eigenvalue weighted by molar-refractivity contribution is -0.145. The number of hydrogen-bond donors (Lipinski definition) is 1. The van der Waals surface area contributed by atoms with Gasteiger partial charge >= 0.3 is 11.9 Å². The van der Waals surface area contributed by atoms with Crippen LogP contribution < -0.4 is 15.0 Å². The van der Waals surface area contributed by atoms with Crippen LogP contribution in [0, 0.1) is 0 Å². The van der Waals surface area contributed by atoms with Crippen LogP contribution in [0.25, 0.3) is 0 Å². The Balaban J connectivity index is 1.70. The van der Waals surface area contributed by atoms with Gasteiger partial charge in [0.05, 0.1) is 31.5 Å². The maximum atomic E-state index is 12.5. The lowest BCUT2D eigenvalue weighted by atomic mass is 10.1. The first-order chi connectivity index (χ1) is 19.3. The summed E-state index contributed by atoms with van der Waals surface area (Å²) in [4.78, 5) is 26.6. The van der Waals surface area contributed by atoms with Gasteiger partial charge in [-0.1, -0.05) is 64.7 Å². The zero-order valence-electron chi connectivity index (χ0n) is 25.0. The van der Waals surface area contributed by atoms with Gasteiger partial charge in [-0.3, -0.25) is 0 Å². The first-order valence-corrected chi connectivity index (χ1v) is 15.6. The molecular weight excluding hydrogens is 532 g/mol. The van der Waals surface area contributed by atoms with Crippen molar-refractivity contribution in [2.45, 2.75) is 104 Å². The topological polar surface area (TPSA) is 112 Å². The largest absolute Gasteiger partial charge is 0.470 e. The molecule has 0 unspecified atom stereocenters. The SMILES string of the molecule is CCCCCCCCCCCCOC(=O)/C=C/C(=O)O[C@@H](CNC(C)(C)C)COc1nsnc1N1CCOCC1. The minimum absolute atomic E-state index is 0.0919. The molecule has 0 spiro atoms. The third-order valence-corrected chi connectivity index (χ3v) is 6.90. The van der Waals surface area contributed by atoms with Crippen LogP contribution in [0.4, 0.5) is 5.82 Å². The summed E-state index contributed by atoms with van der Waals surface area (Å²) < 4.78 is 30.8. The van der Waals surface area contributed by atoms with Gasteiger partial charge in [-0.15, -0.1) is 4.37 Å². The molecule has 1 fully saturated rings. The monoisotopic (exact) mass is 582 g/mol. The molecular formula is C29H50N4O6S. The first-order valence-electron chi connectivity index (χ1n) is 14.9. The van der Waals surface area contributed by atoms with Crippen molar-refractivity contribution in [3.63, 3.8) is 0 Å². The van der Waals surface area contributed by atoms with E-state index < -0.39 is 18.0 Å². The lowest BCUT2D eigenvalue weighted by Gasteiger charge is -2.27. The molecule has 1 aromatic rings. The molecule has 228 valence electrons. The number of anilines is 1. The van der Waals surface area contributed by atoms with Crippen molar-refractivity contribution in [1.29, 1.82) is 0 Å². The number of morpholine rings is 1. The minimum Gasteiger partial charge on any atom is -0.470 e. The molecule has 1 aliphatic rings. The van der Waals surface area contributed by atoms with Gasteiger partial charge in [-0.25, -0.2) is 9.59 Å². The minimum atomic E-state index is -0.634. The second kappa shape index (κ2) is 19.8. The fourth-order valence-corrected chi connectivity index (χ4v) is 4.63. The van der Waals surface area contributed by atoms with Crippen LogP contribution in [-0.4, -0.2) is 78.4 Å². The summed E-state index contributed by atoms with van der Waals surface area (Å²) in [6.07, 6.45) is 13.8. The van der Waals surface area contributed by atoms with Crippen molar-refractivity contribution in [2.24, 2.45) is 0 Å². The van der Waals surface area contributed by atoms with Crippen molar-refractivity contribution < 1.29 is 28.5 Å².